The smallest absolute Gasteiger partial charge is 0.0688 e. The van der Waals surface area contributed by atoms with Crippen LogP contribution in [0.4, 0.5) is 0 Å². The first-order valence-corrected chi connectivity index (χ1v) is 14.8. The van der Waals surface area contributed by atoms with Crippen LogP contribution in [0.2, 0.25) is 0 Å². The van der Waals surface area contributed by atoms with Gasteiger partial charge in [0.2, 0.25) is 0 Å². The van der Waals surface area contributed by atoms with Gasteiger partial charge in [-0.15, -0.1) is 0 Å². The molecule has 1 aliphatic rings. The highest BCUT2D eigenvalue weighted by atomic mass is 16.5. The van der Waals surface area contributed by atoms with Gasteiger partial charge in [-0.25, -0.2) is 0 Å². The summed E-state index contributed by atoms with van der Waals surface area (Å²) >= 11 is 0. The predicted molar refractivity (Wildman–Crippen MR) is 153 cm³/mol. The third kappa shape index (κ3) is 13.4. The zero-order valence-electron chi connectivity index (χ0n) is 26.7. The Morgan fingerprint density at radius 1 is 0.711 bits per heavy atom. The van der Waals surface area contributed by atoms with E-state index in [4.69, 9.17) is 18.9 Å². The molecule has 0 radical (unpaired) electrons. The molecule has 1 rings (SSSR count). The number of rotatable bonds is 18. The fraction of sp³-hybridized carbons (Fsp3) is 1.00. The Labute approximate surface area is 234 Å². The van der Waals surface area contributed by atoms with Crippen LogP contribution in [0.3, 0.4) is 0 Å². The summed E-state index contributed by atoms with van der Waals surface area (Å²) in [6.07, 6.45) is 2.37. The molecule has 1 saturated heterocycles. The number of hydrogen-bond donors (Lipinski definition) is 3. The Kier molecular flexibility index (Phi) is 13.7. The third-order valence-electron chi connectivity index (χ3n) is 7.89. The summed E-state index contributed by atoms with van der Waals surface area (Å²) in [5.74, 6) is 0.770. The SMILES string of the molecule is CC(C)CC(C1OCC(C(C)OCCC(C)(C)O)C1C(C)OCCC(C)(C)O)C(C)(C)OCCC(C)(C)O. The van der Waals surface area contributed by atoms with Gasteiger partial charge in [0.1, 0.15) is 0 Å². The van der Waals surface area contributed by atoms with Gasteiger partial charge >= 0.3 is 0 Å². The molecule has 0 saturated carbocycles. The van der Waals surface area contributed by atoms with E-state index in [-0.39, 0.29) is 36.1 Å². The molecule has 3 N–H and O–H groups in total. The van der Waals surface area contributed by atoms with Crippen LogP contribution in [0.5, 0.6) is 0 Å². The zero-order chi connectivity index (χ0) is 29.5. The summed E-state index contributed by atoms with van der Waals surface area (Å²) in [6, 6.07) is 0. The molecule has 0 aromatic rings. The van der Waals surface area contributed by atoms with Crippen molar-refractivity contribution in [3.8, 4) is 0 Å². The molecule has 0 aromatic heterocycles. The molecule has 228 valence electrons. The summed E-state index contributed by atoms with van der Waals surface area (Å²) in [7, 11) is 0. The highest BCUT2D eigenvalue weighted by Gasteiger charge is 2.51. The van der Waals surface area contributed by atoms with E-state index >= 15 is 0 Å². The van der Waals surface area contributed by atoms with Crippen LogP contribution in [0.25, 0.3) is 0 Å². The fourth-order valence-corrected chi connectivity index (χ4v) is 5.35. The van der Waals surface area contributed by atoms with Crippen LogP contribution in [-0.4, -0.2) is 82.5 Å². The third-order valence-corrected chi connectivity index (χ3v) is 7.89. The van der Waals surface area contributed by atoms with Crippen molar-refractivity contribution in [3.63, 3.8) is 0 Å². The van der Waals surface area contributed by atoms with E-state index in [0.717, 1.165) is 6.42 Å². The summed E-state index contributed by atoms with van der Waals surface area (Å²) in [5.41, 5.74) is -2.80. The van der Waals surface area contributed by atoms with E-state index in [1.807, 2.05) is 13.8 Å². The van der Waals surface area contributed by atoms with E-state index < -0.39 is 22.4 Å². The second-order valence-electron chi connectivity index (χ2n) is 14.6. The topological polar surface area (TPSA) is 97.6 Å². The largest absolute Gasteiger partial charge is 0.390 e. The molecule has 7 nitrogen and oxygen atoms in total. The van der Waals surface area contributed by atoms with Gasteiger partial charge in [0.15, 0.2) is 0 Å². The molecule has 0 amide bonds. The van der Waals surface area contributed by atoms with Gasteiger partial charge in [-0.05, 0) is 101 Å². The van der Waals surface area contributed by atoms with Gasteiger partial charge in [0.05, 0.1) is 53.9 Å². The van der Waals surface area contributed by atoms with Crippen molar-refractivity contribution in [2.75, 3.05) is 26.4 Å². The molecule has 7 heteroatoms. The Bertz CT molecular complexity index is 657. The van der Waals surface area contributed by atoms with Crippen molar-refractivity contribution in [2.24, 2.45) is 23.7 Å². The molecule has 1 heterocycles. The van der Waals surface area contributed by atoms with Crippen LogP contribution >= 0.6 is 0 Å². The predicted octanol–water partition coefficient (Wildman–Crippen LogP) is 5.37. The molecular formula is C31H62O7. The van der Waals surface area contributed by atoms with Crippen LogP contribution < -0.4 is 0 Å². The van der Waals surface area contributed by atoms with E-state index in [0.29, 0.717) is 51.6 Å². The summed E-state index contributed by atoms with van der Waals surface area (Å²) < 4.78 is 25.7. The average Bonchev–Trinajstić information content (AvgIpc) is 3.13. The highest BCUT2D eigenvalue weighted by molar-refractivity contribution is 4.99. The fourth-order valence-electron chi connectivity index (χ4n) is 5.35. The first-order valence-electron chi connectivity index (χ1n) is 14.8. The summed E-state index contributed by atoms with van der Waals surface area (Å²) in [4.78, 5) is 0. The Balaban J connectivity index is 3.19. The molecular weight excluding hydrogens is 484 g/mol. The second-order valence-corrected chi connectivity index (χ2v) is 14.6. The maximum absolute atomic E-state index is 10.2. The molecule has 1 aliphatic heterocycles. The van der Waals surface area contributed by atoms with E-state index in [2.05, 4.69) is 41.5 Å². The summed E-state index contributed by atoms with van der Waals surface area (Å²) in [5, 5.41) is 30.6. The maximum atomic E-state index is 10.2. The summed E-state index contributed by atoms with van der Waals surface area (Å²) in [6.45, 7) is 25.8. The number of aliphatic hydroxyl groups is 3. The van der Waals surface area contributed by atoms with Crippen molar-refractivity contribution in [2.45, 2.75) is 149 Å². The van der Waals surface area contributed by atoms with Crippen molar-refractivity contribution in [3.05, 3.63) is 0 Å². The normalized spacial score (nSPS) is 24.2. The molecule has 38 heavy (non-hydrogen) atoms. The lowest BCUT2D eigenvalue weighted by atomic mass is 9.71. The van der Waals surface area contributed by atoms with Crippen molar-refractivity contribution >= 4 is 0 Å². The Morgan fingerprint density at radius 3 is 1.61 bits per heavy atom. The number of ether oxygens (including phenoxy) is 4. The van der Waals surface area contributed by atoms with Gasteiger partial charge in [-0.3, -0.25) is 0 Å². The Morgan fingerprint density at radius 2 is 1.16 bits per heavy atom. The lowest BCUT2D eigenvalue weighted by Crippen LogP contribution is -2.49. The molecule has 1 fully saturated rings. The quantitative estimate of drug-likeness (QED) is 0.213. The van der Waals surface area contributed by atoms with Crippen molar-refractivity contribution in [1.29, 1.82) is 0 Å². The molecule has 0 bridgehead atoms. The van der Waals surface area contributed by atoms with E-state index in [1.165, 1.54) is 0 Å². The first kappa shape index (κ1) is 35.7. The molecule has 0 spiro atoms. The van der Waals surface area contributed by atoms with E-state index in [9.17, 15) is 15.3 Å². The second kappa shape index (κ2) is 14.6. The van der Waals surface area contributed by atoms with Gasteiger partial charge in [-0.1, -0.05) is 13.8 Å². The van der Waals surface area contributed by atoms with Crippen LogP contribution in [0.15, 0.2) is 0 Å². The minimum atomic E-state index is -0.783. The zero-order valence-corrected chi connectivity index (χ0v) is 26.7. The lowest BCUT2D eigenvalue weighted by molar-refractivity contribution is -0.135. The van der Waals surface area contributed by atoms with Gasteiger partial charge < -0.3 is 34.3 Å². The van der Waals surface area contributed by atoms with Crippen molar-refractivity contribution in [1.82, 2.24) is 0 Å². The minimum absolute atomic E-state index is 0.0633. The molecule has 6 unspecified atom stereocenters. The standard InChI is InChI=1S/C31H62O7/c1-21(2)19-25(31(11,12)38-18-15-30(9,10)34)27-26(23(4)36-17-14-29(7,8)33)24(20-37-27)22(3)35-16-13-28(5,6)32/h21-27,32-34H,13-20H2,1-12H3. The van der Waals surface area contributed by atoms with Gasteiger partial charge in [-0.2, -0.15) is 0 Å². The van der Waals surface area contributed by atoms with Gasteiger partial charge in [0.25, 0.3) is 0 Å². The van der Waals surface area contributed by atoms with Crippen LogP contribution in [0.1, 0.15) is 109 Å². The minimum Gasteiger partial charge on any atom is -0.390 e. The van der Waals surface area contributed by atoms with Gasteiger partial charge in [0, 0.05) is 31.0 Å². The van der Waals surface area contributed by atoms with E-state index in [1.54, 1.807) is 27.7 Å². The van der Waals surface area contributed by atoms with Crippen LogP contribution in [0, 0.1) is 23.7 Å². The highest BCUT2D eigenvalue weighted by Crippen LogP contribution is 2.44. The van der Waals surface area contributed by atoms with Crippen LogP contribution in [-0.2, 0) is 18.9 Å². The molecule has 0 aliphatic carbocycles. The first-order chi connectivity index (χ1) is 17.1. The lowest BCUT2D eigenvalue weighted by Gasteiger charge is -2.43. The Hall–Kier alpha value is -0.280. The molecule has 0 aromatic carbocycles. The van der Waals surface area contributed by atoms with Crippen molar-refractivity contribution < 1.29 is 34.3 Å². The maximum Gasteiger partial charge on any atom is 0.0688 e. The number of hydrogen-bond acceptors (Lipinski definition) is 7. The monoisotopic (exact) mass is 546 g/mol. The molecule has 6 atom stereocenters. The average molecular weight is 547 g/mol.